The number of ether oxygens (including phenoxy) is 1. The monoisotopic (exact) mass is 424 g/mol. The maximum absolute atomic E-state index is 13.8. The molecule has 0 bridgehead atoms. The maximum atomic E-state index is 13.8. The van der Waals surface area contributed by atoms with Crippen molar-refractivity contribution >= 4 is 11.9 Å². The summed E-state index contributed by atoms with van der Waals surface area (Å²) in [5, 5.41) is 4.50. The van der Waals surface area contributed by atoms with Gasteiger partial charge in [0.05, 0.1) is 19.2 Å². The SMILES string of the molecule is COc1cccc(C(=O)N2c3ncnn3[C@H](c3ccccc3)C[C@@H]2c2ccc(C)cc2)c1. The Hall–Kier alpha value is -3.93. The highest BCUT2D eigenvalue weighted by molar-refractivity contribution is 6.06. The third-order valence-corrected chi connectivity index (χ3v) is 6.01. The molecule has 1 aliphatic heterocycles. The van der Waals surface area contributed by atoms with Crippen molar-refractivity contribution in [3.63, 3.8) is 0 Å². The van der Waals surface area contributed by atoms with Crippen molar-refractivity contribution in [2.75, 3.05) is 12.0 Å². The van der Waals surface area contributed by atoms with Crippen LogP contribution in [-0.2, 0) is 0 Å². The number of benzene rings is 3. The van der Waals surface area contributed by atoms with Gasteiger partial charge in [-0.25, -0.2) is 4.68 Å². The molecule has 4 aromatic rings. The molecule has 2 heterocycles. The quantitative estimate of drug-likeness (QED) is 0.464. The minimum atomic E-state index is -0.184. The van der Waals surface area contributed by atoms with Crippen molar-refractivity contribution in [2.24, 2.45) is 0 Å². The minimum absolute atomic E-state index is 0.0191. The molecule has 6 heteroatoms. The van der Waals surface area contributed by atoms with E-state index in [0.29, 0.717) is 23.7 Å². The van der Waals surface area contributed by atoms with Gasteiger partial charge >= 0.3 is 0 Å². The van der Waals surface area contributed by atoms with Crippen LogP contribution < -0.4 is 9.64 Å². The molecule has 0 aliphatic carbocycles. The molecule has 0 fully saturated rings. The summed E-state index contributed by atoms with van der Waals surface area (Å²) in [7, 11) is 1.60. The van der Waals surface area contributed by atoms with Gasteiger partial charge in [-0.1, -0.05) is 66.2 Å². The van der Waals surface area contributed by atoms with Gasteiger partial charge in [0.15, 0.2) is 0 Å². The zero-order chi connectivity index (χ0) is 22.1. The lowest BCUT2D eigenvalue weighted by Gasteiger charge is -2.39. The highest BCUT2D eigenvalue weighted by atomic mass is 16.5. The molecule has 3 aromatic carbocycles. The molecule has 1 aliphatic rings. The minimum Gasteiger partial charge on any atom is -0.497 e. The Bertz CT molecular complexity index is 1230. The lowest BCUT2D eigenvalue weighted by Crippen LogP contribution is -2.42. The number of anilines is 1. The Morgan fingerprint density at radius 3 is 2.44 bits per heavy atom. The van der Waals surface area contributed by atoms with Gasteiger partial charge in [-0.3, -0.25) is 9.69 Å². The first-order valence-electron chi connectivity index (χ1n) is 10.6. The van der Waals surface area contributed by atoms with Gasteiger partial charge < -0.3 is 4.74 Å². The molecule has 1 aromatic heterocycles. The van der Waals surface area contributed by atoms with E-state index in [2.05, 4.69) is 53.4 Å². The van der Waals surface area contributed by atoms with E-state index < -0.39 is 0 Å². The summed E-state index contributed by atoms with van der Waals surface area (Å²) >= 11 is 0. The summed E-state index contributed by atoms with van der Waals surface area (Å²) in [4.78, 5) is 20.1. The van der Waals surface area contributed by atoms with Crippen LogP contribution in [0, 0.1) is 6.92 Å². The highest BCUT2D eigenvalue weighted by Crippen LogP contribution is 2.42. The Kier molecular flexibility index (Phi) is 5.19. The fourth-order valence-electron chi connectivity index (χ4n) is 4.35. The Morgan fingerprint density at radius 1 is 0.938 bits per heavy atom. The van der Waals surface area contributed by atoms with E-state index in [4.69, 9.17) is 4.74 Å². The number of hydrogen-bond donors (Lipinski definition) is 0. The van der Waals surface area contributed by atoms with Crippen molar-refractivity contribution < 1.29 is 9.53 Å². The summed E-state index contributed by atoms with van der Waals surface area (Å²) < 4.78 is 7.20. The molecule has 0 saturated heterocycles. The number of rotatable bonds is 4. The van der Waals surface area contributed by atoms with E-state index in [0.717, 1.165) is 11.1 Å². The number of carbonyl (C=O) groups is 1. The molecular formula is C26H24N4O2. The van der Waals surface area contributed by atoms with E-state index in [9.17, 15) is 4.79 Å². The second-order valence-corrected chi connectivity index (χ2v) is 8.00. The van der Waals surface area contributed by atoms with Crippen LogP contribution in [0.1, 0.15) is 45.6 Å². The molecule has 0 N–H and O–H groups in total. The van der Waals surface area contributed by atoms with Gasteiger partial charge in [-0.15, -0.1) is 0 Å². The normalized spacial score (nSPS) is 17.6. The molecule has 160 valence electrons. The molecule has 5 rings (SSSR count). The largest absolute Gasteiger partial charge is 0.497 e. The first-order chi connectivity index (χ1) is 15.7. The average molecular weight is 425 g/mol. The van der Waals surface area contributed by atoms with Crippen LogP contribution in [0.4, 0.5) is 5.95 Å². The number of nitrogens with zero attached hydrogens (tertiary/aromatic N) is 4. The summed E-state index contributed by atoms with van der Waals surface area (Å²) in [5.41, 5.74) is 3.94. The Balaban J connectivity index is 1.64. The lowest BCUT2D eigenvalue weighted by molar-refractivity contribution is 0.0963. The summed E-state index contributed by atoms with van der Waals surface area (Å²) in [6.45, 7) is 2.06. The van der Waals surface area contributed by atoms with E-state index >= 15 is 0 Å². The van der Waals surface area contributed by atoms with Crippen LogP contribution in [0.5, 0.6) is 5.75 Å². The fraction of sp³-hybridized carbons (Fsp3) is 0.192. The van der Waals surface area contributed by atoms with E-state index in [-0.39, 0.29) is 18.0 Å². The molecule has 32 heavy (non-hydrogen) atoms. The van der Waals surface area contributed by atoms with Crippen LogP contribution in [-0.4, -0.2) is 27.8 Å². The number of amides is 1. The van der Waals surface area contributed by atoms with Gasteiger partial charge in [-0.05, 0) is 42.7 Å². The fourth-order valence-corrected chi connectivity index (χ4v) is 4.35. The molecule has 0 saturated carbocycles. The number of hydrogen-bond acceptors (Lipinski definition) is 4. The molecule has 0 spiro atoms. The third kappa shape index (κ3) is 3.54. The van der Waals surface area contributed by atoms with Gasteiger partial charge in [0, 0.05) is 5.56 Å². The number of fused-ring (bicyclic) bond motifs is 1. The highest BCUT2D eigenvalue weighted by Gasteiger charge is 2.39. The zero-order valence-corrected chi connectivity index (χ0v) is 18.1. The van der Waals surface area contributed by atoms with Crippen LogP contribution in [0.15, 0.2) is 85.2 Å². The second-order valence-electron chi connectivity index (χ2n) is 8.00. The van der Waals surface area contributed by atoms with Crippen molar-refractivity contribution in [1.82, 2.24) is 14.8 Å². The number of carbonyl (C=O) groups excluding carboxylic acids is 1. The second kappa shape index (κ2) is 8.30. The van der Waals surface area contributed by atoms with Crippen LogP contribution in [0.3, 0.4) is 0 Å². The zero-order valence-electron chi connectivity index (χ0n) is 18.1. The van der Waals surface area contributed by atoms with Gasteiger partial charge in [0.1, 0.15) is 12.1 Å². The maximum Gasteiger partial charge on any atom is 0.261 e. The van der Waals surface area contributed by atoms with Crippen LogP contribution >= 0.6 is 0 Å². The summed E-state index contributed by atoms with van der Waals surface area (Å²) in [6, 6.07) is 25.6. The summed E-state index contributed by atoms with van der Waals surface area (Å²) in [6.07, 6.45) is 2.22. The number of methoxy groups -OCH3 is 1. The van der Waals surface area contributed by atoms with Crippen molar-refractivity contribution in [2.45, 2.75) is 25.4 Å². The smallest absolute Gasteiger partial charge is 0.261 e. The number of aromatic nitrogens is 3. The predicted molar refractivity (Wildman–Crippen MR) is 123 cm³/mol. The van der Waals surface area contributed by atoms with E-state index in [1.165, 1.54) is 11.9 Å². The van der Waals surface area contributed by atoms with Gasteiger partial charge in [0.25, 0.3) is 5.91 Å². The van der Waals surface area contributed by atoms with Gasteiger partial charge in [-0.2, -0.15) is 10.1 Å². The Morgan fingerprint density at radius 2 is 1.69 bits per heavy atom. The molecule has 6 nitrogen and oxygen atoms in total. The standard InChI is InChI=1S/C26H24N4O2/c1-18-11-13-20(14-12-18)23-16-24(19-7-4-3-5-8-19)30-26(27-17-28-30)29(23)25(31)21-9-6-10-22(15-21)32-2/h3-15,17,23-24H,16H2,1-2H3/t23-,24+/m1/s1. The topological polar surface area (TPSA) is 60.2 Å². The van der Waals surface area contributed by atoms with Crippen molar-refractivity contribution in [3.05, 3.63) is 107 Å². The third-order valence-electron chi connectivity index (χ3n) is 6.01. The van der Waals surface area contributed by atoms with E-state index in [1.807, 2.05) is 35.0 Å². The predicted octanol–water partition coefficient (Wildman–Crippen LogP) is 4.98. The van der Waals surface area contributed by atoms with Crippen LogP contribution in [0.25, 0.3) is 0 Å². The van der Waals surface area contributed by atoms with Crippen molar-refractivity contribution in [3.8, 4) is 5.75 Å². The number of aryl methyl sites for hydroxylation is 1. The lowest BCUT2D eigenvalue weighted by atomic mass is 9.91. The molecular weight excluding hydrogens is 400 g/mol. The van der Waals surface area contributed by atoms with Crippen molar-refractivity contribution in [1.29, 1.82) is 0 Å². The Labute approximate surface area is 187 Å². The average Bonchev–Trinajstić information content (AvgIpc) is 3.33. The van der Waals surface area contributed by atoms with E-state index in [1.54, 1.807) is 24.1 Å². The van der Waals surface area contributed by atoms with Crippen LogP contribution in [0.2, 0.25) is 0 Å². The summed E-state index contributed by atoms with van der Waals surface area (Å²) in [5.74, 6) is 1.06. The molecule has 0 radical (unpaired) electrons. The van der Waals surface area contributed by atoms with Gasteiger partial charge in [0.2, 0.25) is 5.95 Å². The molecule has 0 unspecified atom stereocenters. The first-order valence-corrected chi connectivity index (χ1v) is 10.6. The molecule has 2 atom stereocenters. The molecule has 1 amide bonds. The first kappa shape index (κ1) is 20.0.